The molecule has 0 fully saturated rings. The standard InChI is InChI=1S/C15H19N3S2/c1-3-17(4-2)9-11-19-14-13-6-5-8-18(13)15-12(16-14)7-10-20-15/h5-8,10H,3-4,9,11H2,1-2H3. The Bertz CT molecular complexity index is 697. The fourth-order valence-electron chi connectivity index (χ4n) is 2.38. The fourth-order valence-corrected chi connectivity index (χ4v) is 4.23. The van der Waals surface area contributed by atoms with Crippen LogP contribution in [-0.4, -0.2) is 39.7 Å². The van der Waals surface area contributed by atoms with Crippen molar-refractivity contribution < 1.29 is 0 Å². The summed E-state index contributed by atoms with van der Waals surface area (Å²) < 4.78 is 2.26. The molecule has 0 aliphatic carbocycles. The Morgan fingerprint density at radius 1 is 1.30 bits per heavy atom. The molecule has 0 saturated carbocycles. The third kappa shape index (κ3) is 2.57. The van der Waals surface area contributed by atoms with Crippen LogP contribution in [0, 0.1) is 0 Å². The first-order valence-corrected chi connectivity index (χ1v) is 8.89. The summed E-state index contributed by atoms with van der Waals surface area (Å²) in [5, 5.41) is 3.26. The summed E-state index contributed by atoms with van der Waals surface area (Å²) in [5.74, 6) is 1.09. The molecule has 3 heterocycles. The molecule has 0 atom stereocenters. The van der Waals surface area contributed by atoms with Crippen molar-refractivity contribution >= 4 is 39.0 Å². The van der Waals surface area contributed by atoms with E-state index in [1.54, 1.807) is 11.3 Å². The fraction of sp³-hybridized carbons (Fsp3) is 0.400. The predicted molar refractivity (Wildman–Crippen MR) is 89.1 cm³/mol. The number of hydrogen-bond donors (Lipinski definition) is 0. The smallest absolute Gasteiger partial charge is 0.126 e. The molecular formula is C15H19N3S2. The number of aromatic nitrogens is 2. The van der Waals surface area contributed by atoms with E-state index in [0.717, 1.165) is 35.9 Å². The van der Waals surface area contributed by atoms with E-state index in [9.17, 15) is 0 Å². The van der Waals surface area contributed by atoms with Crippen LogP contribution in [0.4, 0.5) is 0 Å². The first-order valence-electron chi connectivity index (χ1n) is 7.03. The molecule has 0 aliphatic rings. The topological polar surface area (TPSA) is 20.5 Å². The maximum atomic E-state index is 4.82. The highest BCUT2D eigenvalue weighted by atomic mass is 32.2. The monoisotopic (exact) mass is 305 g/mol. The highest BCUT2D eigenvalue weighted by Gasteiger charge is 2.09. The Morgan fingerprint density at radius 2 is 2.15 bits per heavy atom. The lowest BCUT2D eigenvalue weighted by atomic mass is 10.5. The number of thiophene rings is 1. The zero-order chi connectivity index (χ0) is 13.9. The summed E-state index contributed by atoms with van der Waals surface area (Å²) in [6.07, 6.45) is 2.13. The second-order valence-corrected chi connectivity index (χ2v) is 6.64. The number of hydrogen-bond acceptors (Lipinski definition) is 4. The van der Waals surface area contributed by atoms with Gasteiger partial charge in [-0.05, 0) is 36.7 Å². The molecule has 0 aliphatic heterocycles. The van der Waals surface area contributed by atoms with Crippen molar-refractivity contribution in [3.8, 4) is 0 Å². The molecule has 3 nitrogen and oxygen atoms in total. The van der Waals surface area contributed by atoms with Crippen LogP contribution in [-0.2, 0) is 0 Å². The average molecular weight is 305 g/mol. The quantitative estimate of drug-likeness (QED) is 0.643. The third-order valence-electron chi connectivity index (χ3n) is 3.57. The zero-order valence-corrected chi connectivity index (χ0v) is 13.5. The van der Waals surface area contributed by atoms with E-state index < -0.39 is 0 Å². The largest absolute Gasteiger partial charge is 0.304 e. The van der Waals surface area contributed by atoms with E-state index in [1.165, 1.54) is 10.3 Å². The van der Waals surface area contributed by atoms with Gasteiger partial charge in [0.1, 0.15) is 9.86 Å². The molecule has 0 radical (unpaired) electrons. The minimum Gasteiger partial charge on any atom is -0.304 e. The van der Waals surface area contributed by atoms with Gasteiger partial charge in [-0.2, -0.15) is 0 Å². The van der Waals surface area contributed by atoms with Crippen LogP contribution in [0.3, 0.4) is 0 Å². The van der Waals surface area contributed by atoms with Gasteiger partial charge in [0.05, 0.1) is 11.0 Å². The van der Waals surface area contributed by atoms with Gasteiger partial charge in [-0.25, -0.2) is 4.98 Å². The van der Waals surface area contributed by atoms with Gasteiger partial charge in [-0.1, -0.05) is 13.8 Å². The van der Waals surface area contributed by atoms with Gasteiger partial charge < -0.3 is 9.30 Å². The van der Waals surface area contributed by atoms with Crippen LogP contribution in [0.2, 0.25) is 0 Å². The van der Waals surface area contributed by atoms with Crippen LogP contribution < -0.4 is 0 Å². The summed E-state index contributed by atoms with van der Waals surface area (Å²) >= 11 is 3.61. The van der Waals surface area contributed by atoms with Crippen molar-refractivity contribution in [1.29, 1.82) is 0 Å². The molecule has 0 saturated heterocycles. The first-order chi connectivity index (χ1) is 9.83. The molecule has 3 aromatic heterocycles. The SMILES string of the molecule is CCN(CC)CCSc1nc2ccsc2n2cccc12. The van der Waals surface area contributed by atoms with Gasteiger partial charge in [0.25, 0.3) is 0 Å². The second kappa shape index (κ2) is 6.16. The lowest BCUT2D eigenvalue weighted by molar-refractivity contribution is 0.324. The first kappa shape index (κ1) is 13.9. The Balaban J connectivity index is 1.84. The Morgan fingerprint density at radius 3 is 2.95 bits per heavy atom. The Hall–Kier alpha value is -1.04. The van der Waals surface area contributed by atoms with Crippen LogP contribution in [0.25, 0.3) is 15.9 Å². The zero-order valence-electron chi connectivity index (χ0n) is 11.9. The normalized spacial score (nSPS) is 11.9. The summed E-state index contributed by atoms with van der Waals surface area (Å²) in [4.78, 5) is 8.50. The van der Waals surface area contributed by atoms with Gasteiger partial charge in [0.2, 0.25) is 0 Å². The number of fused-ring (bicyclic) bond motifs is 3. The summed E-state index contributed by atoms with van der Waals surface area (Å²) in [7, 11) is 0. The molecule has 3 rings (SSSR count). The molecule has 5 heteroatoms. The van der Waals surface area contributed by atoms with Crippen molar-refractivity contribution in [2.45, 2.75) is 18.9 Å². The Labute approximate surface area is 127 Å². The molecule has 106 valence electrons. The third-order valence-corrected chi connectivity index (χ3v) is 5.44. The molecule has 0 spiro atoms. The lowest BCUT2D eigenvalue weighted by Crippen LogP contribution is -2.25. The van der Waals surface area contributed by atoms with Crippen molar-refractivity contribution in [1.82, 2.24) is 14.3 Å². The van der Waals surface area contributed by atoms with Gasteiger partial charge in [0, 0.05) is 18.5 Å². The van der Waals surface area contributed by atoms with Crippen molar-refractivity contribution in [2.75, 3.05) is 25.4 Å². The maximum absolute atomic E-state index is 4.82. The molecule has 20 heavy (non-hydrogen) atoms. The van der Waals surface area contributed by atoms with Crippen molar-refractivity contribution in [3.63, 3.8) is 0 Å². The van der Waals surface area contributed by atoms with Crippen LogP contribution >= 0.6 is 23.1 Å². The highest BCUT2D eigenvalue weighted by molar-refractivity contribution is 7.99. The van der Waals surface area contributed by atoms with E-state index in [4.69, 9.17) is 4.98 Å². The number of nitrogens with zero attached hydrogens (tertiary/aromatic N) is 3. The van der Waals surface area contributed by atoms with E-state index >= 15 is 0 Å². The van der Waals surface area contributed by atoms with Crippen LogP contribution in [0.15, 0.2) is 34.8 Å². The van der Waals surface area contributed by atoms with E-state index in [1.807, 2.05) is 11.8 Å². The van der Waals surface area contributed by atoms with Crippen LogP contribution in [0.1, 0.15) is 13.8 Å². The molecule has 3 aromatic rings. The van der Waals surface area contributed by atoms with Gasteiger partial charge in [-0.15, -0.1) is 23.1 Å². The summed E-state index contributed by atoms with van der Waals surface area (Å²) in [6.45, 7) is 7.79. The van der Waals surface area contributed by atoms with Gasteiger partial charge in [-0.3, -0.25) is 0 Å². The highest BCUT2D eigenvalue weighted by Crippen LogP contribution is 2.28. The van der Waals surface area contributed by atoms with E-state index in [2.05, 4.69) is 52.9 Å². The Kier molecular flexibility index (Phi) is 4.29. The molecule has 0 amide bonds. The maximum Gasteiger partial charge on any atom is 0.126 e. The van der Waals surface area contributed by atoms with Crippen LogP contribution in [0.5, 0.6) is 0 Å². The molecule has 0 bridgehead atoms. The van der Waals surface area contributed by atoms with E-state index in [-0.39, 0.29) is 0 Å². The lowest BCUT2D eigenvalue weighted by Gasteiger charge is -2.17. The summed E-state index contributed by atoms with van der Waals surface area (Å²) in [6, 6.07) is 6.37. The van der Waals surface area contributed by atoms with Gasteiger partial charge in [0.15, 0.2) is 0 Å². The van der Waals surface area contributed by atoms with Gasteiger partial charge >= 0.3 is 0 Å². The number of thioether (sulfide) groups is 1. The molecule has 0 unspecified atom stereocenters. The molecular weight excluding hydrogens is 286 g/mol. The summed E-state index contributed by atoms with van der Waals surface area (Å²) in [5.41, 5.74) is 2.33. The second-order valence-electron chi connectivity index (χ2n) is 4.67. The minimum absolute atomic E-state index is 1.09. The number of rotatable bonds is 6. The average Bonchev–Trinajstić information content (AvgIpc) is 3.10. The predicted octanol–water partition coefficient (Wildman–Crippen LogP) is 3.98. The van der Waals surface area contributed by atoms with E-state index in [0.29, 0.717) is 0 Å². The molecule has 0 aromatic carbocycles. The molecule has 0 N–H and O–H groups in total. The van der Waals surface area contributed by atoms with Crippen molar-refractivity contribution in [2.24, 2.45) is 0 Å². The minimum atomic E-state index is 1.09. The van der Waals surface area contributed by atoms with Crippen molar-refractivity contribution in [3.05, 3.63) is 29.8 Å².